The molecule has 112 valence electrons. The highest BCUT2D eigenvalue weighted by Gasteiger charge is 2.27. The van der Waals surface area contributed by atoms with E-state index in [2.05, 4.69) is 20.5 Å². The molecule has 0 saturated heterocycles. The lowest BCUT2D eigenvalue weighted by molar-refractivity contribution is -0.120. The summed E-state index contributed by atoms with van der Waals surface area (Å²) in [5.74, 6) is 1.16. The number of nitrogens with one attached hydrogen (secondary N) is 2. The lowest BCUT2D eigenvalue weighted by Gasteiger charge is -2.22. The molecule has 1 heterocycles. The van der Waals surface area contributed by atoms with Crippen LogP contribution in [0.5, 0.6) is 0 Å². The van der Waals surface area contributed by atoms with E-state index in [0.29, 0.717) is 17.9 Å². The fourth-order valence-corrected chi connectivity index (χ4v) is 2.11. The number of H-pyrrole nitrogens is 1. The van der Waals surface area contributed by atoms with Gasteiger partial charge >= 0.3 is 0 Å². The SMILES string of the molecule is CCCC(C)(N)C(=O)Nc1cccc(-c2n[nH]c(C)n2)c1. The molecule has 1 unspecified atom stereocenters. The highest BCUT2D eigenvalue weighted by molar-refractivity contribution is 5.98. The minimum Gasteiger partial charge on any atom is -0.324 e. The molecule has 0 fully saturated rings. The summed E-state index contributed by atoms with van der Waals surface area (Å²) >= 11 is 0. The first-order chi connectivity index (χ1) is 9.92. The van der Waals surface area contributed by atoms with Gasteiger partial charge in [0.05, 0.1) is 5.54 Å². The van der Waals surface area contributed by atoms with Crippen molar-refractivity contribution >= 4 is 11.6 Å². The summed E-state index contributed by atoms with van der Waals surface area (Å²) < 4.78 is 0. The summed E-state index contributed by atoms with van der Waals surface area (Å²) in [6.45, 7) is 5.59. The van der Waals surface area contributed by atoms with Crippen molar-refractivity contribution in [2.75, 3.05) is 5.32 Å². The molecule has 21 heavy (non-hydrogen) atoms. The van der Waals surface area contributed by atoms with Crippen LogP contribution in [0.1, 0.15) is 32.5 Å². The molecule has 0 aliphatic carbocycles. The average Bonchev–Trinajstić information content (AvgIpc) is 2.86. The Kier molecular flexibility index (Phi) is 4.37. The molecular weight excluding hydrogens is 266 g/mol. The van der Waals surface area contributed by atoms with Crippen molar-refractivity contribution in [3.63, 3.8) is 0 Å². The molecule has 0 bridgehead atoms. The predicted molar refractivity (Wildman–Crippen MR) is 82.7 cm³/mol. The van der Waals surface area contributed by atoms with Gasteiger partial charge < -0.3 is 11.1 Å². The van der Waals surface area contributed by atoms with E-state index in [4.69, 9.17) is 5.73 Å². The number of nitrogens with zero attached hydrogens (tertiary/aromatic N) is 2. The zero-order chi connectivity index (χ0) is 15.5. The Morgan fingerprint density at radius 2 is 2.24 bits per heavy atom. The zero-order valence-electron chi connectivity index (χ0n) is 12.6. The number of aromatic nitrogens is 3. The van der Waals surface area contributed by atoms with Crippen LogP contribution >= 0.6 is 0 Å². The number of anilines is 1. The number of amides is 1. The Morgan fingerprint density at radius 3 is 2.86 bits per heavy atom. The maximum Gasteiger partial charge on any atom is 0.244 e. The van der Waals surface area contributed by atoms with Crippen LogP contribution in [0.25, 0.3) is 11.4 Å². The van der Waals surface area contributed by atoms with Crippen molar-refractivity contribution in [2.45, 2.75) is 39.2 Å². The lowest BCUT2D eigenvalue weighted by atomic mass is 9.96. The molecule has 0 aliphatic rings. The quantitative estimate of drug-likeness (QED) is 0.785. The predicted octanol–water partition coefficient (Wildman–Crippen LogP) is 2.24. The smallest absolute Gasteiger partial charge is 0.244 e. The van der Waals surface area contributed by atoms with Gasteiger partial charge in [-0.25, -0.2) is 4.98 Å². The van der Waals surface area contributed by atoms with E-state index in [9.17, 15) is 4.79 Å². The van der Waals surface area contributed by atoms with Crippen LogP contribution < -0.4 is 11.1 Å². The largest absolute Gasteiger partial charge is 0.324 e. The van der Waals surface area contributed by atoms with Crippen molar-refractivity contribution in [3.8, 4) is 11.4 Å². The number of carbonyl (C=O) groups excluding carboxylic acids is 1. The molecule has 0 aliphatic heterocycles. The maximum atomic E-state index is 12.2. The van der Waals surface area contributed by atoms with Crippen LogP contribution in [0.15, 0.2) is 24.3 Å². The van der Waals surface area contributed by atoms with Crippen molar-refractivity contribution in [1.29, 1.82) is 0 Å². The van der Waals surface area contributed by atoms with Crippen LogP contribution in [-0.2, 0) is 4.79 Å². The van der Waals surface area contributed by atoms with Crippen molar-refractivity contribution in [3.05, 3.63) is 30.1 Å². The van der Waals surface area contributed by atoms with Gasteiger partial charge in [-0.05, 0) is 32.4 Å². The van der Waals surface area contributed by atoms with Crippen LogP contribution in [0.2, 0.25) is 0 Å². The molecule has 1 aromatic carbocycles. The molecule has 6 heteroatoms. The van der Waals surface area contributed by atoms with E-state index in [-0.39, 0.29) is 5.91 Å². The third kappa shape index (κ3) is 3.66. The highest BCUT2D eigenvalue weighted by atomic mass is 16.2. The van der Waals surface area contributed by atoms with Gasteiger partial charge in [0.15, 0.2) is 5.82 Å². The molecule has 1 aromatic heterocycles. The summed E-state index contributed by atoms with van der Waals surface area (Å²) in [5, 5.41) is 9.77. The van der Waals surface area contributed by atoms with Gasteiger partial charge in [0, 0.05) is 11.3 Å². The second-order valence-corrected chi connectivity index (χ2v) is 5.45. The molecule has 1 atom stereocenters. The minimum atomic E-state index is -0.869. The standard InChI is InChI=1S/C15H21N5O/c1-4-8-15(3,16)14(21)18-12-7-5-6-11(9-12)13-17-10(2)19-20-13/h5-7,9H,4,8,16H2,1-3H3,(H,18,21)(H,17,19,20). The maximum absolute atomic E-state index is 12.2. The van der Waals surface area contributed by atoms with Crippen molar-refractivity contribution in [1.82, 2.24) is 15.2 Å². The zero-order valence-corrected chi connectivity index (χ0v) is 12.6. The molecule has 4 N–H and O–H groups in total. The van der Waals surface area contributed by atoms with Gasteiger partial charge in [-0.3, -0.25) is 9.89 Å². The molecule has 2 aromatic rings. The van der Waals surface area contributed by atoms with Crippen molar-refractivity contribution < 1.29 is 4.79 Å². The van der Waals surface area contributed by atoms with E-state index in [0.717, 1.165) is 17.8 Å². The normalized spacial score (nSPS) is 13.7. The Morgan fingerprint density at radius 1 is 1.48 bits per heavy atom. The topological polar surface area (TPSA) is 96.7 Å². The fraction of sp³-hybridized carbons (Fsp3) is 0.400. The number of aryl methyl sites for hydroxylation is 1. The molecule has 0 saturated carbocycles. The van der Waals surface area contributed by atoms with Crippen LogP contribution in [-0.4, -0.2) is 26.6 Å². The molecule has 6 nitrogen and oxygen atoms in total. The number of benzene rings is 1. The summed E-state index contributed by atoms with van der Waals surface area (Å²) in [4.78, 5) is 16.5. The number of rotatable bonds is 5. The number of nitrogens with two attached hydrogens (primary N) is 1. The van der Waals surface area contributed by atoms with Gasteiger partial charge in [-0.15, -0.1) is 0 Å². The third-order valence-corrected chi connectivity index (χ3v) is 3.26. The Bertz CT molecular complexity index is 632. The second kappa shape index (κ2) is 6.05. The molecule has 0 spiro atoms. The summed E-state index contributed by atoms with van der Waals surface area (Å²) in [6.07, 6.45) is 1.50. The summed E-state index contributed by atoms with van der Waals surface area (Å²) in [6, 6.07) is 7.40. The van der Waals surface area contributed by atoms with E-state index >= 15 is 0 Å². The number of aromatic amines is 1. The van der Waals surface area contributed by atoms with Crippen molar-refractivity contribution in [2.24, 2.45) is 5.73 Å². The molecule has 1 amide bonds. The van der Waals surface area contributed by atoms with E-state index in [1.807, 2.05) is 38.1 Å². The lowest BCUT2D eigenvalue weighted by Crippen LogP contribution is -2.48. The Labute approximate surface area is 124 Å². The number of carbonyl (C=O) groups is 1. The monoisotopic (exact) mass is 287 g/mol. The summed E-state index contributed by atoms with van der Waals surface area (Å²) in [5.41, 5.74) is 6.69. The first-order valence-electron chi connectivity index (χ1n) is 7.02. The Balaban J connectivity index is 2.17. The van der Waals surface area contributed by atoms with Gasteiger partial charge in [0.1, 0.15) is 5.82 Å². The van der Waals surface area contributed by atoms with Gasteiger partial charge in [0.2, 0.25) is 5.91 Å². The van der Waals surface area contributed by atoms with Gasteiger partial charge in [0.25, 0.3) is 0 Å². The van der Waals surface area contributed by atoms with E-state index < -0.39 is 5.54 Å². The number of hydrogen-bond acceptors (Lipinski definition) is 4. The molecule has 0 radical (unpaired) electrons. The van der Waals surface area contributed by atoms with E-state index in [1.165, 1.54) is 0 Å². The first-order valence-corrected chi connectivity index (χ1v) is 7.02. The van der Waals surface area contributed by atoms with Crippen LogP contribution in [0.4, 0.5) is 5.69 Å². The average molecular weight is 287 g/mol. The second-order valence-electron chi connectivity index (χ2n) is 5.45. The third-order valence-electron chi connectivity index (χ3n) is 3.26. The summed E-state index contributed by atoms with van der Waals surface area (Å²) in [7, 11) is 0. The first kappa shape index (κ1) is 15.2. The highest BCUT2D eigenvalue weighted by Crippen LogP contribution is 2.20. The molecule has 2 rings (SSSR count). The fourth-order valence-electron chi connectivity index (χ4n) is 2.11. The molecular formula is C15H21N5O. The number of hydrogen-bond donors (Lipinski definition) is 3. The van der Waals surface area contributed by atoms with Gasteiger partial charge in [-0.1, -0.05) is 25.5 Å². The Hall–Kier alpha value is -2.21. The minimum absolute atomic E-state index is 0.187. The van der Waals surface area contributed by atoms with Crippen LogP contribution in [0, 0.1) is 6.92 Å². The van der Waals surface area contributed by atoms with Crippen LogP contribution in [0.3, 0.4) is 0 Å². The van der Waals surface area contributed by atoms with E-state index in [1.54, 1.807) is 6.92 Å². The van der Waals surface area contributed by atoms with Gasteiger partial charge in [-0.2, -0.15) is 5.10 Å².